The summed E-state index contributed by atoms with van der Waals surface area (Å²) in [4.78, 5) is 23.5. The molecule has 0 heterocycles. The number of carbonyl (C=O) groups excluding carboxylic acids is 2. The van der Waals surface area contributed by atoms with Crippen LogP contribution in [0.4, 0.5) is 18.9 Å². The lowest BCUT2D eigenvalue weighted by Gasteiger charge is -2.13. The molecule has 156 valence electrons. The third-order valence-corrected chi connectivity index (χ3v) is 4.22. The van der Waals surface area contributed by atoms with Crippen molar-refractivity contribution >= 4 is 29.2 Å². The number of halogens is 4. The molecular weight excluding hydrogens is 411 g/mol. The summed E-state index contributed by atoms with van der Waals surface area (Å²) in [6.07, 6.45) is -4.26. The number of amides is 1. The normalized spacial score (nSPS) is 11.1. The molecule has 2 aromatic rings. The Hall–Kier alpha value is -2.74. The van der Waals surface area contributed by atoms with Gasteiger partial charge in [-0.1, -0.05) is 23.7 Å². The van der Waals surface area contributed by atoms with Crippen LogP contribution in [0.15, 0.2) is 42.5 Å². The Morgan fingerprint density at radius 1 is 1.14 bits per heavy atom. The number of hydrogen-bond donors (Lipinski definition) is 1. The van der Waals surface area contributed by atoms with Gasteiger partial charge in [-0.2, -0.15) is 13.2 Å². The number of nitrogens with one attached hydrogen (secondary N) is 1. The standard InChI is InChI=1S/C20H19ClF3NO4/c1-13-11-14(8-9-16(13)21)28-10-4-7-19(27)29-12-18(26)25-17-6-3-2-5-15(17)20(22,23)24/h2-3,5-6,8-9,11H,4,7,10,12H2,1H3,(H,25,26). The molecule has 0 radical (unpaired) electrons. The molecule has 0 unspecified atom stereocenters. The first kappa shape index (κ1) is 22.5. The van der Waals surface area contributed by atoms with E-state index >= 15 is 0 Å². The molecule has 9 heteroatoms. The molecule has 0 fully saturated rings. The summed E-state index contributed by atoms with van der Waals surface area (Å²) < 4.78 is 49.0. The second-order valence-electron chi connectivity index (χ2n) is 6.12. The van der Waals surface area contributed by atoms with E-state index in [2.05, 4.69) is 5.32 Å². The van der Waals surface area contributed by atoms with Gasteiger partial charge in [0.15, 0.2) is 6.61 Å². The van der Waals surface area contributed by atoms with Gasteiger partial charge in [0.2, 0.25) is 0 Å². The molecule has 0 atom stereocenters. The quantitative estimate of drug-likeness (QED) is 0.473. The summed E-state index contributed by atoms with van der Waals surface area (Å²) in [5, 5.41) is 2.72. The molecule has 0 aliphatic heterocycles. The Balaban J connectivity index is 1.71. The van der Waals surface area contributed by atoms with E-state index in [4.69, 9.17) is 21.1 Å². The average molecular weight is 430 g/mol. The van der Waals surface area contributed by atoms with Gasteiger partial charge in [-0.05, 0) is 49.2 Å². The second-order valence-corrected chi connectivity index (χ2v) is 6.52. The molecule has 0 spiro atoms. The molecule has 1 N–H and O–H groups in total. The van der Waals surface area contributed by atoms with Crippen LogP contribution < -0.4 is 10.1 Å². The fourth-order valence-electron chi connectivity index (χ4n) is 2.36. The first-order chi connectivity index (χ1) is 13.7. The van der Waals surface area contributed by atoms with Crippen LogP contribution in [-0.4, -0.2) is 25.1 Å². The van der Waals surface area contributed by atoms with Gasteiger partial charge < -0.3 is 14.8 Å². The van der Waals surface area contributed by atoms with Crippen LogP contribution in [0.25, 0.3) is 0 Å². The van der Waals surface area contributed by atoms with Crippen molar-refractivity contribution in [2.75, 3.05) is 18.5 Å². The maximum absolute atomic E-state index is 12.9. The molecule has 29 heavy (non-hydrogen) atoms. The summed E-state index contributed by atoms with van der Waals surface area (Å²) in [7, 11) is 0. The first-order valence-corrected chi connectivity index (χ1v) is 9.05. The van der Waals surface area contributed by atoms with E-state index in [0.717, 1.165) is 17.7 Å². The summed E-state index contributed by atoms with van der Waals surface area (Å²) in [6.45, 7) is 1.41. The minimum absolute atomic E-state index is 0.00100. The molecule has 1 amide bonds. The SMILES string of the molecule is Cc1cc(OCCCC(=O)OCC(=O)Nc2ccccc2C(F)(F)F)ccc1Cl. The highest BCUT2D eigenvalue weighted by Gasteiger charge is 2.33. The summed E-state index contributed by atoms with van der Waals surface area (Å²) in [5.74, 6) is -0.897. The van der Waals surface area contributed by atoms with Gasteiger partial charge in [-0.15, -0.1) is 0 Å². The largest absolute Gasteiger partial charge is 0.494 e. The predicted octanol–water partition coefficient (Wildman–Crippen LogP) is 5.01. The van der Waals surface area contributed by atoms with Crippen LogP contribution >= 0.6 is 11.6 Å². The van der Waals surface area contributed by atoms with Crippen molar-refractivity contribution in [1.82, 2.24) is 0 Å². The predicted molar refractivity (Wildman–Crippen MR) is 102 cm³/mol. The third-order valence-electron chi connectivity index (χ3n) is 3.79. The molecule has 2 rings (SSSR count). The van der Waals surface area contributed by atoms with E-state index in [1.165, 1.54) is 12.1 Å². The van der Waals surface area contributed by atoms with Crippen molar-refractivity contribution in [3.05, 3.63) is 58.6 Å². The average Bonchev–Trinajstić information content (AvgIpc) is 2.66. The molecule has 5 nitrogen and oxygen atoms in total. The molecule has 0 bridgehead atoms. The smallest absolute Gasteiger partial charge is 0.418 e. The number of para-hydroxylation sites is 1. The second kappa shape index (κ2) is 10.2. The zero-order valence-electron chi connectivity index (χ0n) is 15.5. The van der Waals surface area contributed by atoms with Gasteiger partial charge in [0, 0.05) is 11.4 Å². The highest BCUT2D eigenvalue weighted by atomic mass is 35.5. The van der Waals surface area contributed by atoms with Crippen LogP contribution in [-0.2, 0) is 20.5 Å². The highest BCUT2D eigenvalue weighted by molar-refractivity contribution is 6.31. The van der Waals surface area contributed by atoms with E-state index in [9.17, 15) is 22.8 Å². The fourth-order valence-corrected chi connectivity index (χ4v) is 2.47. The van der Waals surface area contributed by atoms with Crippen molar-refractivity contribution in [3.8, 4) is 5.75 Å². The number of carbonyl (C=O) groups is 2. The lowest BCUT2D eigenvalue weighted by atomic mass is 10.1. The van der Waals surface area contributed by atoms with E-state index in [1.807, 2.05) is 6.92 Å². The van der Waals surface area contributed by atoms with Crippen LogP contribution in [0.1, 0.15) is 24.0 Å². The Kier molecular flexibility index (Phi) is 7.90. The van der Waals surface area contributed by atoms with Crippen LogP contribution in [0, 0.1) is 6.92 Å². The zero-order chi connectivity index (χ0) is 21.4. The number of alkyl halides is 3. The molecule has 0 aromatic heterocycles. The van der Waals surface area contributed by atoms with Gasteiger partial charge >= 0.3 is 12.1 Å². The highest BCUT2D eigenvalue weighted by Crippen LogP contribution is 2.34. The minimum atomic E-state index is -4.61. The summed E-state index contributed by atoms with van der Waals surface area (Å²) in [6, 6.07) is 9.73. The van der Waals surface area contributed by atoms with E-state index < -0.39 is 35.9 Å². The van der Waals surface area contributed by atoms with Crippen molar-refractivity contribution in [1.29, 1.82) is 0 Å². The van der Waals surface area contributed by atoms with Crippen molar-refractivity contribution in [2.24, 2.45) is 0 Å². The van der Waals surface area contributed by atoms with Crippen molar-refractivity contribution < 1.29 is 32.2 Å². The topological polar surface area (TPSA) is 64.6 Å². The molecule has 0 saturated carbocycles. The van der Waals surface area contributed by atoms with E-state index in [1.54, 1.807) is 18.2 Å². The lowest BCUT2D eigenvalue weighted by Crippen LogP contribution is -2.22. The number of benzene rings is 2. The van der Waals surface area contributed by atoms with Crippen molar-refractivity contribution in [2.45, 2.75) is 25.9 Å². The maximum Gasteiger partial charge on any atom is 0.418 e. The Bertz CT molecular complexity index is 871. The van der Waals surface area contributed by atoms with Crippen LogP contribution in [0.2, 0.25) is 5.02 Å². The summed E-state index contributed by atoms with van der Waals surface area (Å²) >= 11 is 5.92. The minimum Gasteiger partial charge on any atom is -0.494 e. The number of hydrogen-bond acceptors (Lipinski definition) is 4. The van der Waals surface area contributed by atoms with Crippen LogP contribution in [0.5, 0.6) is 5.75 Å². The molecule has 2 aromatic carbocycles. The monoisotopic (exact) mass is 429 g/mol. The lowest BCUT2D eigenvalue weighted by molar-refractivity contribution is -0.147. The number of esters is 1. The van der Waals surface area contributed by atoms with Crippen LogP contribution in [0.3, 0.4) is 0 Å². The molecule has 0 aliphatic rings. The Morgan fingerprint density at radius 2 is 1.86 bits per heavy atom. The first-order valence-electron chi connectivity index (χ1n) is 8.67. The number of anilines is 1. The van der Waals surface area contributed by atoms with Gasteiger partial charge in [-0.3, -0.25) is 9.59 Å². The van der Waals surface area contributed by atoms with E-state index in [-0.39, 0.29) is 13.0 Å². The zero-order valence-corrected chi connectivity index (χ0v) is 16.3. The molecule has 0 saturated heterocycles. The Morgan fingerprint density at radius 3 is 2.55 bits per heavy atom. The van der Waals surface area contributed by atoms with Gasteiger partial charge in [0.1, 0.15) is 5.75 Å². The molecule has 0 aliphatic carbocycles. The van der Waals surface area contributed by atoms with Gasteiger partial charge in [0.25, 0.3) is 5.91 Å². The third kappa shape index (κ3) is 7.30. The number of ether oxygens (including phenoxy) is 2. The van der Waals surface area contributed by atoms with Gasteiger partial charge in [0.05, 0.1) is 17.9 Å². The van der Waals surface area contributed by atoms with Crippen molar-refractivity contribution in [3.63, 3.8) is 0 Å². The number of aryl methyl sites for hydroxylation is 1. The Labute approximate surface area is 170 Å². The van der Waals surface area contributed by atoms with E-state index in [0.29, 0.717) is 17.2 Å². The summed E-state index contributed by atoms with van der Waals surface area (Å²) in [5.41, 5.74) is -0.511. The number of rotatable bonds is 8. The van der Waals surface area contributed by atoms with Gasteiger partial charge in [-0.25, -0.2) is 0 Å². The maximum atomic E-state index is 12.9. The molecular formula is C20H19ClF3NO4. The fraction of sp³-hybridized carbons (Fsp3) is 0.300.